The van der Waals surface area contributed by atoms with E-state index in [0.717, 1.165) is 37.8 Å². The van der Waals surface area contributed by atoms with E-state index in [1.54, 1.807) is 0 Å². The van der Waals surface area contributed by atoms with Gasteiger partial charge in [0.1, 0.15) is 11.9 Å². The summed E-state index contributed by atoms with van der Waals surface area (Å²) in [5, 5.41) is 10.00. The summed E-state index contributed by atoms with van der Waals surface area (Å²) in [5.74, 6) is -1.38. The molecule has 132 valence electrons. The van der Waals surface area contributed by atoms with Gasteiger partial charge in [0, 0.05) is 11.6 Å². The number of benzene rings is 1. The highest BCUT2D eigenvalue weighted by atomic mass is 19.1. The van der Waals surface area contributed by atoms with Gasteiger partial charge in [-0.3, -0.25) is 20.4 Å². The van der Waals surface area contributed by atoms with Crippen LogP contribution < -0.4 is 16.6 Å². The van der Waals surface area contributed by atoms with Gasteiger partial charge in [-0.1, -0.05) is 32.1 Å². The van der Waals surface area contributed by atoms with E-state index >= 15 is 0 Å². The van der Waals surface area contributed by atoms with Gasteiger partial charge in [-0.15, -0.1) is 0 Å². The van der Waals surface area contributed by atoms with Gasteiger partial charge in [-0.05, 0) is 36.6 Å². The van der Waals surface area contributed by atoms with Crippen molar-refractivity contribution in [3.05, 3.63) is 35.6 Å². The zero-order valence-corrected chi connectivity index (χ0v) is 13.5. The normalized spacial score (nSPS) is 17.8. The third-order valence-corrected chi connectivity index (χ3v) is 4.41. The second-order valence-corrected chi connectivity index (χ2v) is 6.30. The number of carbonyl (C=O) groups is 2. The molecule has 1 aromatic carbocycles. The van der Waals surface area contributed by atoms with E-state index in [4.69, 9.17) is 5.73 Å². The summed E-state index contributed by atoms with van der Waals surface area (Å²) in [4.78, 5) is 23.7. The highest BCUT2D eigenvalue weighted by Crippen LogP contribution is 2.27. The number of nitrogens with two attached hydrogens (primary N) is 1. The molecule has 1 aliphatic rings. The van der Waals surface area contributed by atoms with Gasteiger partial charge < -0.3 is 10.8 Å². The zero-order chi connectivity index (χ0) is 17.5. The van der Waals surface area contributed by atoms with Crippen molar-refractivity contribution in [2.24, 2.45) is 11.7 Å². The predicted molar refractivity (Wildman–Crippen MR) is 87.2 cm³/mol. The molecule has 0 aromatic heterocycles. The van der Waals surface area contributed by atoms with Gasteiger partial charge in [-0.2, -0.15) is 0 Å². The van der Waals surface area contributed by atoms with Crippen molar-refractivity contribution in [3.8, 4) is 0 Å². The van der Waals surface area contributed by atoms with E-state index in [0.29, 0.717) is 12.3 Å². The zero-order valence-electron chi connectivity index (χ0n) is 13.5. The van der Waals surface area contributed by atoms with Crippen LogP contribution in [-0.2, 0) is 4.79 Å². The molecule has 6 nitrogen and oxygen atoms in total. The molecule has 0 heterocycles. The summed E-state index contributed by atoms with van der Waals surface area (Å²) >= 11 is 0. The number of hydrogen-bond donors (Lipinski definition) is 4. The smallest absolute Gasteiger partial charge is 0.269 e. The van der Waals surface area contributed by atoms with E-state index in [1.807, 2.05) is 0 Å². The lowest BCUT2D eigenvalue weighted by Gasteiger charge is -2.26. The van der Waals surface area contributed by atoms with Crippen molar-refractivity contribution in [2.45, 2.75) is 50.7 Å². The van der Waals surface area contributed by atoms with Crippen molar-refractivity contribution in [1.29, 1.82) is 0 Å². The average Bonchev–Trinajstić information content (AvgIpc) is 2.60. The van der Waals surface area contributed by atoms with Crippen molar-refractivity contribution in [3.63, 3.8) is 0 Å². The van der Waals surface area contributed by atoms with Crippen molar-refractivity contribution in [2.75, 3.05) is 0 Å². The molecule has 1 fully saturated rings. The third kappa shape index (κ3) is 5.28. The lowest BCUT2D eigenvalue weighted by Crippen LogP contribution is -2.52. The molecule has 2 rings (SSSR count). The number of halogens is 1. The van der Waals surface area contributed by atoms with Crippen LogP contribution in [0.25, 0.3) is 0 Å². The van der Waals surface area contributed by atoms with E-state index < -0.39 is 29.8 Å². The Labute approximate surface area is 140 Å². The maximum absolute atomic E-state index is 12.8. The fourth-order valence-corrected chi connectivity index (χ4v) is 3.00. The first-order chi connectivity index (χ1) is 11.5. The second kappa shape index (κ2) is 8.75. The quantitative estimate of drug-likeness (QED) is 0.607. The minimum atomic E-state index is -1.39. The Bertz CT molecular complexity index is 559. The number of aliphatic hydroxyl groups excluding tert-OH is 1. The summed E-state index contributed by atoms with van der Waals surface area (Å²) in [6.45, 7) is 0. The summed E-state index contributed by atoms with van der Waals surface area (Å²) in [7, 11) is 0. The molecular weight excluding hydrogens is 313 g/mol. The van der Waals surface area contributed by atoms with Crippen molar-refractivity contribution >= 4 is 11.8 Å². The molecule has 24 heavy (non-hydrogen) atoms. The van der Waals surface area contributed by atoms with Gasteiger partial charge in [0.2, 0.25) is 0 Å². The van der Waals surface area contributed by atoms with E-state index in [1.165, 1.54) is 18.6 Å². The lowest BCUT2D eigenvalue weighted by atomic mass is 9.84. The van der Waals surface area contributed by atoms with E-state index in [2.05, 4.69) is 10.9 Å². The SMILES string of the molecule is N[C@H](CC1CCCCC1)C(O)C(=O)NNC(=O)c1ccc(F)cc1. The Morgan fingerprint density at radius 2 is 1.79 bits per heavy atom. The van der Waals surface area contributed by atoms with E-state index in [9.17, 15) is 19.1 Å². The van der Waals surface area contributed by atoms with Gasteiger partial charge in [0.25, 0.3) is 11.8 Å². The maximum Gasteiger partial charge on any atom is 0.269 e. The fourth-order valence-electron chi connectivity index (χ4n) is 3.00. The van der Waals surface area contributed by atoms with Gasteiger partial charge in [0.15, 0.2) is 0 Å². The third-order valence-electron chi connectivity index (χ3n) is 4.41. The first-order valence-corrected chi connectivity index (χ1v) is 8.27. The Balaban J connectivity index is 1.77. The van der Waals surface area contributed by atoms with Crippen molar-refractivity contribution < 1.29 is 19.1 Å². The molecule has 0 radical (unpaired) electrons. The topological polar surface area (TPSA) is 104 Å². The van der Waals surface area contributed by atoms with Crippen LogP contribution in [0.2, 0.25) is 0 Å². The monoisotopic (exact) mass is 337 g/mol. The minimum absolute atomic E-state index is 0.192. The van der Waals surface area contributed by atoms with Crippen LogP contribution in [0.15, 0.2) is 24.3 Å². The van der Waals surface area contributed by atoms with Crippen LogP contribution in [0.1, 0.15) is 48.9 Å². The van der Waals surface area contributed by atoms with Gasteiger partial charge >= 0.3 is 0 Å². The molecule has 0 spiro atoms. The average molecular weight is 337 g/mol. The predicted octanol–water partition coefficient (Wildman–Crippen LogP) is 1.25. The Kier molecular flexibility index (Phi) is 6.69. The number of rotatable bonds is 5. The van der Waals surface area contributed by atoms with Crippen LogP contribution in [0, 0.1) is 11.7 Å². The molecule has 1 unspecified atom stereocenters. The molecule has 2 atom stereocenters. The summed E-state index contributed by atoms with van der Waals surface area (Å²) < 4.78 is 12.8. The molecule has 0 saturated heterocycles. The molecule has 0 bridgehead atoms. The summed E-state index contributed by atoms with van der Waals surface area (Å²) in [5.41, 5.74) is 10.4. The second-order valence-electron chi connectivity index (χ2n) is 6.30. The Hall–Kier alpha value is -1.99. The van der Waals surface area contributed by atoms with E-state index in [-0.39, 0.29) is 5.56 Å². The van der Waals surface area contributed by atoms with Crippen LogP contribution in [-0.4, -0.2) is 29.1 Å². The number of carbonyl (C=O) groups excluding carboxylic acids is 2. The summed E-state index contributed by atoms with van der Waals surface area (Å²) in [6.07, 6.45) is 4.89. The first-order valence-electron chi connectivity index (χ1n) is 8.27. The number of nitrogens with one attached hydrogen (secondary N) is 2. The molecule has 1 aromatic rings. The molecule has 0 aliphatic heterocycles. The molecule has 7 heteroatoms. The number of hydrazine groups is 1. The molecule has 5 N–H and O–H groups in total. The Morgan fingerprint density at radius 3 is 2.42 bits per heavy atom. The van der Waals surface area contributed by atoms with Gasteiger partial charge in [-0.25, -0.2) is 4.39 Å². The molecule has 2 amide bonds. The van der Waals surface area contributed by atoms with Crippen LogP contribution in [0.3, 0.4) is 0 Å². The maximum atomic E-state index is 12.8. The lowest BCUT2D eigenvalue weighted by molar-refractivity contribution is -0.131. The van der Waals surface area contributed by atoms with Crippen LogP contribution in [0.5, 0.6) is 0 Å². The highest BCUT2D eigenvalue weighted by molar-refractivity contribution is 5.95. The fraction of sp³-hybridized carbons (Fsp3) is 0.529. The van der Waals surface area contributed by atoms with Crippen LogP contribution >= 0.6 is 0 Å². The Morgan fingerprint density at radius 1 is 1.17 bits per heavy atom. The summed E-state index contributed by atoms with van der Waals surface area (Å²) in [6, 6.07) is 4.21. The molecule has 1 saturated carbocycles. The number of hydrogen-bond acceptors (Lipinski definition) is 4. The van der Waals surface area contributed by atoms with Crippen molar-refractivity contribution in [1.82, 2.24) is 10.9 Å². The number of amides is 2. The molecule has 1 aliphatic carbocycles. The minimum Gasteiger partial charge on any atom is -0.382 e. The highest BCUT2D eigenvalue weighted by Gasteiger charge is 2.26. The van der Waals surface area contributed by atoms with Gasteiger partial charge in [0.05, 0.1) is 0 Å². The first kappa shape index (κ1) is 18.4. The number of aliphatic hydroxyl groups is 1. The largest absolute Gasteiger partial charge is 0.382 e. The molecular formula is C17H24FN3O3. The van der Waals surface area contributed by atoms with Crippen LogP contribution in [0.4, 0.5) is 4.39 Å². The standard InChI is InChI=1S/C17H24FN3O3/c18-13-8-6-12(7-9-13)16(23)20-21-17(24)15(22)14(19)10-11-4-2-1-3-5-11/h6-9,11,14-15,22H,1-5,10,19H2,(H,20,23)(H,21,24)/t14-,15?/m1/s1.